The highest BCUT2D eigenvalue weighted by atomic mass is 32.1. The van der Waals surface area contributed by atoms with E-state index in [0.29, 0.717) is 71.4 Å². The second-order valence-electron chi connectivity index (χ2n) is 14.9. The standard InChI is InChI=1S/C36H52N6O4S/c1-25-29-21-30(43)40-36(14-19-41(20-15-36)32(45)23-35(2,3)4)22-31(44)37-16-8-11-28(38-24-26-9-6-5-7-10-26)34(46)42-17-12-27(13-18-42)33(39-29)47-25/h5-7,9-10,27-28,38H,8,11-24H2,1-4H3,(H,37,44)(H,40,43)/t28-/m0/s1. The summed E-state index contributed by atoms with van der Waals surface area (Å²) in [5.41, 5.74) is 1.05. The van der Waals surface area contributed by atoms with Crippen molar-refractivity contribution < 1.29 is 19.2 Å². The van der Waals surface area contributed by atoms with Gasteiger partial charge < -0.3 is 25.8 Å². The molecule has 4 amide bonds. The SMILES string of the molecule is Cc1sc2nc1CC(=O)NC1(CCN(C(=O)CC(C)(C)C)CC1)CC(=O)NCCC[C@H](NCc1ccccc1)C(=O)N1CCC2CC1. The number of aromatic nitrogens is 1. The van der Waals surface area contributed by atoms with E-state index in [1.165, 1.54) is 0 Å². The third kappa shape index (κ3) is 9.63. The molecule has 0 unspecified atom stereocenters. The molecule has 1 atom stereocenters. The van der Waals surface area contributed by atoms with Gasteiger partial charge in [0.05, 0.1) is 28.7 Å². The van der Waals surface area contributed by atoms with Crippen molar-refractivity contribution in [2.45, 2.75) is 110 Å². The van der Waals surface area contributed by atoms with Crippen molar-refractivity contribution in [3.63, 3.8) is 0 Å². The average Bonchev–Trinajstić information content (AvgIpc) is 3.39. The molecule has 0 aliphatic carbocycles. The number of hydrogen-bond acceptors (Lipinski definition) is 7. The molecule has 1 spiro atoms. The molecule has 4 aliphatic heterocycles. The van der Waals surface area contributed by atoms with Crippen LogP contribution in [-0.2, 0) is 32.1 Å². The number of amides is 4. The maximum Gasteiger partial charge on any atom is 0.239 e. The van der Waals surface area contributed by atoms with Crippen molar-refractivity contribution in [2.75, 3.05) is 32.7 Å². The summed E-state index contributed by atoms with van der Waals surface area (Å²) in [5.74, 6) is 0.215. The van der Waals surface area contributed by atoms with Crippen molar-refractivity contribution in [3.8, 4) is 0 Å². The van der Waals surface area contributed by atoms with E-state index >= 15 is 0 Å². The number of benzene rings is 1. The molecule has 10 nitrogen and oxygen atoms in total. The van der Waals surface area contributed by atoms with Crippen LogP contribution in [0.15, 0.2) is 30.3 Å². The summed E-state index contributed by atoms with van der Waals surface area (Å²) >= 11 is 1.65. The molecule has 0 saturated carbocycles. The van der Waals surface area contributed by atoms with Crippen molar-refractivity contribution >= 4 is 35.0 Å². The van der Waals surface area contributed by atoms with Crippen LogP contribution in [0.25, 0.3) is 0 Å². The number of aryl methyl sites for hydroxylation is 1. The molecule has 2 aromatic rings. The third-order valence-corrected chi connectivity index (χ3v) is 10.9. The summed E-state index contributed by atoms with van der Waals surface area (Å²) in [5, 5.41) is 10.9. The molecule has 2 fully saturated rings. The third-order valence-electron chi connectivity index (χ3n) is 9.74. The molecule has 11 heteroatoms. The fraction of sp³-hybridized carbons (Fsp3) is 0.639. The van der Waals surface area contributed by atoms with Gasteiger partial charge in [0, 0.05) is 62.9 Å². The molecule has 1 aromatic heterocycles. The van der Waals surface area contributed by atoms with Gasteiger partial charge in [0.15, 0.2) is 0 Å². The van der Waals surface area contributed by atoms with E-state index in [-0.39, 0.29) is 53.8 Å². The highest BCUT2D eigenvalue weighted by molar-refractivity contribution is 7.11. The molecule has 0 radical (unpaired) electrons. The van der Waals surface area contributed by atoms with Crippen molar-refractivity contribution in [3.05, 3.63) is 51.5 Å². The van der Waals surface area contributed by atoms with Gasteiger partial charge >= 0.3 is 0 Å². The van der Waals surface area contributed by atoms with Gasteiger partial charge in [0.2, 0.25) is 23.6 Å². The van der Waals surface area contributed by atoms with Crippen LogP contribution in [0.5, 0.6) is 0 Å². The predicted octanol–water partition coefficient (Wildman–Crippen LogP) is 4.07. The number of likely N-dealkylation sites (tertiary alicyclic amines) is 1. The van der Waals surface area contributed by atoms with Gasteiger partial charge in [-0.05, 0) is 56.4 Å². The highest BCUT2D eigenvalue weighted by Gasteiger charge is 2.40. The quantitative estimate of drug-likeness (QED) is 0.453. The molecular formula is C36H52N6O4S. The van der Waals surface area contributed by atoms with E-state index in [1.54, 1.807) is 11.3 Å². The number of carbonyl (C=O) groups excluding carboxylic acids is 4. The van der Waals surface area contributed by atoms with Crippen LogP contribution >= 0.6 is 11.3 Å². The van der Waals surface area contributed by atoms with E-state index < -0.39 is 5.54 Å². The lowest BCUT2D eigenvalue weighted by molar-refractivity contribution is -0.136. The Kier molecular flexibility index (Phi) is 11.4. The van der Waals surface area contributed by atoms with Gasteiger partial charge in [0.25, 0.3) is 0 Å². The van der Waals surface area contributed by atoms with E-state index in [1.807, 2.05) is 34.9 Å². The first-order chi connectivity index (χ1) is 22.4. The second-order valence-corrected chi connectivity index (χ2v) is 16.1. The predicted molar refractivity (Wildman–Crippen MR) is 184 cm³/mol. The fourth-order valence-corrected chi connectivity index (χ4v) is 8.10. The zero-order valence-electron chi connectivity index (χ0n) is 28.5. The minimum Gasteiger partial charge on any atom is -0.356 e. The van der Waals surface area contributed by atoms with Gasteiger partial charge in [-0.3, -0.25) is 19.2 Å². The maximum atomic E-state index is 13.8. The van der Waals surface area contributed by atoms with E-state index in [0.717, 1.165) is 34.0 Å². The average molecular weight is 665 g/mol. The Bertz CT molecular complexity index is 1400. The molecule has 47 heavy (non-hydrogen) atoms. The van der Waals surface area contributed by atoms with Crippen molar-refractivity contribution in [1.82, 2.24) is 30.7 Å². The Labute approximate surface area is 283 Å². The highest BCUT2D eigenvalue weighted by Crippen LogP contribution is 2.34. The number of rotatable bonds is 4. The zero-order chi connectivity index (χ0) is 33.6. The fourth-order valence-electron chi connectivity index (χ4n) is 7.00. The minimum absolute atomic E-state index is 0.110. The topological polar surface area (TPSA) is 124 Å². The van der Waals surface area contributed by atoms with Crippen LogP contribution < -0.4 is 16.0 Å². The van der Waals surface area contributed by atoms with E-state index in [9.17, 15) is 19.2 Å². The van der Waals surface area contributed by atoms with Gasteiger partial charge in [-0.25, -0.2) is 4.98 Å². The van der Waals surface area contributed by atoms with Crippen LogP contribution in [0.2, 0.25) is 0 Å². The van der Waals surface area contributed by atoms with Crippen LogP contribution in [0, 0.1) is 12.3 Å². The van der Waals surface area contributed by atoms with Gasteiger partial charge in [-0.2, -0.15) is 0 Å². The van der Waals surface area contributed by atoms with Crippen molar-refractivity contribution in [1.29, 1.82) is 0 Å². The number of carbonyl (C=O) groups is 4. The number of hydrogen-bond donors (Lipinski definition) is 3. The molecule has 1 aromatic carbocycles. The molecule has 5 heterocycles. The van der Waals surface area contributed by atoms with Crippen LogP contribution in [0.3, 0.4) is 0 Å². The number of nitrogens with one attached hydrogen (secondary N) is 3. The lowest BCUT2D eigenvalue weighted by Gasteiger charge is -2.42. The van der Waals surface area contributed by atoms with Crippen molar-refractivity contribution in [2.24, 2.45) is 5.41 Å². The zero-order valence-corrected chi connectivity index (χ0v) is 29.3. The van der Waals surface area contributed by atoms with Gasteiger partial charge in [-0.15, -0.1) is 11.3 Å². The summed E-state index contributed by atoms with van der Waals surface area (Å²) in [6.07, 6.45) is 4.74. The van der Waals surface area contributed by atoms with E-state index in [4.69, 9.17) is 4.98 Å². The molecule has 4 bridgehead atoms. The summed E-state index contributed by atoms with van der Waals surface area (Å²) in [6, 6.07) is 9.74. The van der Waals surface area contributed by atoms with E-state index in [2.05, 4.69) is 48.9 Å². The maximum absolute atomic E-state index is 13.8. The Balaban J connectivity index is 1.32. The summed E-state index contributed by atoms with van der Waals surface area (Å²) in [6.45, 7) is 11.6. The Hall–Kier alpha value is -3.31. The first kappa shape index (κ1) is 35.0. The van der Waals surface area contributed by atoms with Crippen LogP contribution in [0.1, 0.15) is 99.2 Å². The number of nitrogens with zero attached hydrogens (tertiary/aromatic N) is 3. The molecule has 3 N–H and O–H groups in total. The molecular weight excluding hydrogens is 613 g/mol. The second kappa shape index (κ2) is 15.3. The number of thiazole rings is 1. The molecule has 256 valence electrons. The number of piperidine rings is 2. The minimum atomic E-state index is -0.739. The largest absolute Gasteiger partial charge is 0.356 e. The Morgan fingerprint density at radius 1 is 1.02 bits per heavy atom. The monoisotopic (exact) mass is 664 g/mol. The normalized spacial score (nSPS) is 22.0. The lowest BCUT2D eigenvalue weighted by Crippen LogP contribution is -2.58. The van der Waals surface area contributed by atoms with Gasteiger partial charge in [-0.1, -0.05) is 51.1 Å². The van der Waals surface area contributed by atoms with Crippen LogP contribution in [0.4, 0.5) is 0 Å². The molecule has 4 aliphatic rings. The smallest absolute Gasteiger partial charge is 0.239 e. The summed E-state index contributed by atoms with van der Waals surface area (Å²) < 4.78 is 0. The summed E-state index contributed by atoms with van der Waals surface area (Å²) in [4.78, 5) is 63.5. The van der Waals surface area contributed by atoms with Gasteiger partial charge in [0.1, 0.15) is 0 Å². The first-order valence-corrected chi connectivity index (χ1v) is 18.1. The lowest BCUT2D eigenvalue weighted by atomic mass is 9.83. The Morgan fingerprint density at radius 2 is 1.72 bits per heavy atom. The first-order valence-electron chi connectivity index (χ1n) is 17.3. The molecule has 6 rings (SSSR count). The number of fused-ring (bicyclic) bond motifs is 11. The summed E-state index contributed by atoms with van der Waals surface area (Å²) in [7, 11) is 0. The Morgan fingerprint density at radius 3 is 2.40 bits per heavy atom. The van der Waals surface area contributed by atoms with Crippen LogP contribution in [-0.4, -0.2) is 82.7 Å². The molecule has 2 saturated heterocycles.